The molecule has 1 unspecified atom stereocenters. The summed E-state index contributed by atoms with van der Waals surface area (Å²) in [7, 11) is 0. The first-order valence-electron chi connectivity index (χ1n) is 4.95. The summed E-state index contributed by atoms with van der Waals surface area (Å²) in [5, 5.41) is 11.6. The second-order valence-electron chi connectivity index (χ2n) is 3.61. The number of aliphatic hydroxyl groups is 1. The summed E-state index contributed by atoms with van der Waals surface area (Å²) < 4.78 is 37.3. The minimum Gasteiger partial charge on any atom is -0.383 e. The second kappa shape index (κ2) is 5.28. The zero-order valence-electron chi connectivity index (χ0n) is 9.08. The van der Waals surface area contributed by atoms with Gasteiger partial charge in [-0.15, -0.1) is 11.3 Å². The Morgan fingerprint density at radius 3 is 2.37 bits per heavy atom. The first-order valence-corrected chi connectivity index (χ1v) is 6.59. The number of aliphatic hydroxyl groups excluding tert-OH is 1. The molecule has 0 bridgehead atoms. The maximum absolute atomic E-state index is 12.4. The molecule has 0 saturated heterocycles. The van der Waals surface area contributed by atoms with Crippen LogP contribution in [0, 0.1) is 0 Å². The zero-order valence-corrected chi connectivity index (χ0v) is 11.4. The van der Waals surface area contributed by atoms with Crippen molar-refractivity contribution in [1.29, 1.82) is 0 Å². The summed E-state index contributed by atoms with van der Waals surface area (Å²) in [6.07, 6.45) is -5.77. The molecule has 0 aliphatic heterocycles. The van der Waals surface area contributed by atoms with Gasteiger partial charge in [0.25, 0.3) is 0 Å². The van der Waals surface area contributed by atoms with Crippen molar-refractivity contribution in [3.8, 4) is 0 Å². The molecular weight excluding hydrogens is 322 g/mol. The van der Waals surface area contributed by atoms with Crippen LogP contribution < -0.4 is 0 Å². The van der Waals surface area contributed by atoms with Crippen LogP contribution in [0.4, 0.5) is 13.2 Å². The molecule has 1 N–H and O–H groups in total. The van der Waals surface area contributed by atoms with Gasteiger partial charge in [-0.3, -0.25) is 0 Å². The van der Waals surface area contributed by atoms with Crippen molar-refractivity contribution in [2.75, 3.05) is 0 Å². The van der Waals surface area contributed by atoms with Gasteiger partial charge in [0.2, 0.25) is 0 Å². The number of halogens is 5. The summed E-state index contributed by atoms with van der Waals surface area (Å²) in [6, 6.07) is 3.45. The average molecular weight is 328 g/mol. The predicted octanol–water partition coefficient (Wildman–Crippen LogP) is 4.55. The van der Waals surface area contributed by atoms with Gasteiger partial charge >= 0.3 is 6.18 Å². The largest absolute Gasteiger partial charge is 0.433 e. The Hall–Kier alpha value is -0.820. The molecule has 2 rings (SSSR count). The predicted molar refractivity (Wildman–Crippen MR) is 67.6 cm³/mol. The molecule has 0 radical (unpaired) electrons. The Morgan fingerprint density at radius 1 is 1.21 bits per heavy atom. The minimum absolute atomic E-state index is 0.0824. The van der Waals surface area contributed by atoms with Gasteiger partial charge in [-0.25, -0.2) is 4.98 Å². The molecule has 0 aliphatic carbocycles. The lowest BCUT2D eigenvalue weighted by molar-refractivity contribution is -0.141. The minimum atomic E-state index is -4.58. The van der Waals surface area contributed by atoms with Gasteiger partial charge in [0.15, 0.2) is 0 Å². The monoisotopic (exact) mass is 327 g/mol. The number of alkyl halides is 3. The van der Waals surface area contributed by atoms with E-state index in [9.17, 15) is 18.3 Å². The Labute approximate surface area is 120 Å². The number of pyridine rings is 1. The fraction of sp³-hybridized carbons (Fsp3) is 0.182. The molecule has 0 fully saturated rings. The zero-order chi connectivity index (χ0) is 14.2. The van der Waals surface area contributed by atoms with Crippen LogP contribution in [-0.4, -0.2) is 10.1 Å². The number of hydrogen-bond acceptors (Lipinski definition) is 3. The molecule has 0 spiro atoms. The third-order valence-corrected chi connectivity index (χ3v) is 4.07. The van der Waals surface area contributed by atoms with E-state index in [0.717, 1.165) is 12.1 Å². The van der Waals surface area contributed by atoms with Crippen LogP contribution in [0.15, 0.2) is 23.6 Å². The number of aromatic nitrogens is 1. The average Bonchev–Trinajstić information content (AvgIpc) is 2.73. The SMILES string of the molecule is OC(c1ccc(C(F)(F)F)nc1Cl)c1sccc1Cl. The van der Waals surface area contributed by atoms with Crippen LogP contribution in [0.5, 0.6) is 0 Å². The maximum atomic E-state index is 12.4. The van der Waals surface area contributed by atoms with Gasteiger partial charge in [-0.1, -0.05) is 29.3 Å². The number of thiophene rings is 1. The quantitative estimate of drug-likeness (QED) is 0.821. The second-order valence-corrected chi connectivity index (χ2v) is 5.32. The van der Waals surface area contributed by atoms with Crippen molar-refractivity contribution in [1.82, 2.24) is 4.98 Å². The molecule has 8 heteroatoms. The number of rotatable bonds is 2. The van der Waals surface area contributed by atoms with E-state index in [1.165, 1.54) is 11.3 Å². The Kier molecular flexibility index (Phi) is 4.06. The summed E-state index contributed by atoms with van der Waals surface area (Å²) in [5.41, 5.74) is -1.02. The third kappa shape index (κ3) is 3.02. The van der Waals surface area contributed by atoms with Gasteiger partial charge in [-0.05, 0) is 17.5 Å². The molecule has 2 heterocycles. The highest BCUT2D eigenvalue weighted by Gasteiger charge is 2.33. The lowest BCUT2D eigenvalue weighted by Gasteiger charge is -2.13. The van der Waals surface area contributed by atoms with E-state index in [2.05, 4.69) is 4.98 Å². The van der Waals surface area contributed by atoms with Gasteiger partial charge in [0.1, 0.15) is 17.0 Å². The molecule has 2 aromatic rings. The van der Waals surface area contributed by atoms with E-state index in [1.54, 1.807) is 11.4 Å². The normalized spacial score (nSPS) is 13.6. The van der Waals surface area contributed by atoms with Crippen LogP contribution in [0.1, 0.15) is 22.2 Å². The highest BCUT2D eigenvalue weighted by molar-refractivity contribution is 7.10. The van der Waals surface area contributed by atoms with E-state index in [1.807, 2.05) is 0 Å². The summed E-state index contributed by atoms with van der Waals surface area (Å²) in [5.74, 6) is 0. The van der Waals surface area contributed by atoms with Crippen molar-refractivity contribution in [2.24, 2.45) is 0 Å². The molecule has 2 aromatic heterocycles. The van der Waals surface area contributed by atoms with Crippen molar-refractivity contribution < 1.29 is 18.3 Å². The topological polar surface area (TPSA) is 33.1 Å². The molecule has 0 aliphatic rings. The van der Waals surface area contributed by atoms with E-state index in [0.29, 0.717) is 9.90 Å². The van der Waals surface area contributed by atoms with Crippen molar-refractivity contribution >= 4 is 34.5 Å². The summed E-state index contributed by atoms with van der Waals surface area (Å²) >= 11 is 12.7. The Balaban J connectivity index is 2.39. The van der Waals surface area contributed by atoms with E-state index in [-0.39, 0.29) is 5.56 Å². The Bertz CT molecular complexity index is 600. The number of nitrogens with zero attached hydrogens (tertiary/aromatic N) is 1. The molecule has 0 saturated carbocycles. The Morgan fingerprint density at radius 2 is 1.89 bits per heavy atom. The highest BCUT2D eigenvalue weighted by Crippen LogP contribution is 2.36. The standard InChI is InChI=1S/C11H6Cl2F3NOS/c12-6-3-4-19-9(6)8(18)5-1-2-7(11(14,15)16)17-10(5)13/h1-4,8,18H. The summed E-state index contributed by atoms with van der Waals surface area (Å²) in [4.78, 5) is 3.65. The van der Waals surface area contributed by atoms with Crippen LogP contribution in [0.3, 0.4) is 0 Å². The van der Waals surface area contributed by atoms with Gasteiger partial charge in [-0.2, -0.15) is 13.2 Å². The van der Waals surface area contributed by atoms with E-state index in [4.69, 9.17) is 23.2 Å². The van der Waals surface area contributed by atoms with Gasteiger partial charge in [0, 0.05) is 5.56 Å². The van der Waals surface area contributed by atoms with Crippen LogP contribution in [0.2, 0.25) is 10.2 Å². The molecule has 19 heavy (non-hydrogen) atoms. The maximum Gasteiger partial charge on any atom is 0.433 e. The van der Waals surface area contributed by atoms with Crippen LogP contribution >= 0.6 is 34.5 Å². The molecule has 0 amide bonds. The fourth-order valence-corrected chi connectivity index (χ4v) is 2.87. The van der Waals surface area contributed by atoms with Gasteiger partial charge < -0.3 is 5.11 Å². The third-order valence-electron chi connectivity index (χ3n) is 2.36. The first kappa shape index (κ1) is 14.6. The van der Waals surface area contributed by atoms with Gasteiger partial charge in [0.05, 0.1) is 9.90 Å². The van der Waals surface area contributed by atoms with Crippen molar-refractivity contribution in [2.45, 2.75) is 12.3 Å². The van der Waals surface area contributed by atoms with E-state index >= 15 is 0 Å². The van der Waals surface area contributed by atoms with E-state index < -0.39 is 23.1 Å². The lowest BCUT2D eigenvalue weighted by atomic mass is 10.1. The molecular formula is C11H6Cl2F3NOS. The molecule has 2 nitrogen and oxygen atoms in total. The number of hydrogen-bond donors (Lipinski definition) is 1. The van der Waals surface area contributed by atoms with Crippen molar-refractivity contribution in [3.05, 3.63) is 49.9 Å². The van der Waals surface area contributed by atoms with Crippen LogP contribution in [-0.2, 0) is 6.18 Å². The summed E-state index contributed by atoms with van der Waals surface area (Å²) in [6.45, 7) is 0. The van der Waals surface area contributed by atoms with Crippen LogP contribution in [0.25, 0.3) is 0 Å². The molecule has 1 atom stereocenters. The molecule has 102 valence electrons. The van der Waals surface area contributed by atoms with Crippen molar-refractivity contribution in [3.63, 3.8) is 0 Å². The smallest absolute Gasteiger partial charge is 0.383 e. The molecule has 0 aromatic carbocycles. The first-order chi connectivity index (χ1) is 8.80. The lowest BCUT2D eigenvalue weighted by Crippen LogP contribution is -2.10. The highest BCUT2D eigenvalue weighted by atomic mass is 35.5. The fourth-order valence-electron chi connectivity index (χ4n) is 1.45.